The van der Waals surface area contributed by atoms with E-state index in [2.05, 4.69) is 41.7 Å². The van der Waals surface area contributed by atoms with Crippen LogP contribution in [0.4, 0.5) is 0 Å². The second-order valence-electron chi connectivity index (χ2n) is 5.28. The first-order valence-electron chi connectivity index (χ1n) is 7.41. The van der Waals surface area contributed by atoms with Gasteiger partial charge < -0.3 is 14.8 Å². The average Bonchev–Trinajstić information content (AvgIpc) is 2.55. The third kappa shape index (κ3) is 2.74. The molecule has 2 aliphatic rings. The molecule has 1 aromatic carbocycles. The summed E-state index contributed by atoms with van der Waals surface area (Å²) in [6.07, 6.45) is 8.16. The van der Waals surface area contributed by atoms with Crippen LogP contribution in [0.3, 0.4) is 0 Å². The van der Waals surface area contributed by atoms with E-state index in [9.17, 15) is 0 Å². The molecule has 3 nitrogen and oxygen atoms in total. The number of rotatable bonds is 5. The van der Waals surface area contributed by atoms with Crippen LogP contribution >= 0.6 is 0 Å². The fourth-order valence-electron chi connectivity index (χ4n) is 2.84. The molecule has 0 saturated heterocycles. The SMILES string of the molecule is CNCCCC1=c2ccccc2=C2C=C(OC)C=CC2O1. The first-order valence-corrected chi connectivity index (χ1v) is 7.41. The second kappa shape index (κ2) is 6.19. The Morgan fingerprint density at radius 2 is 2.05 bits per heavy atom. The van der Waals surface area contributed by atoms with Gasteiger partial charge in [0.05, 0.1) is 7.11 Å². The predicted octanol–water partition coefficient (Wildman–Crippen LogP) is 1.44. The summed E-state index contributed by atoms with van der Waals surface area (Å²) < 4.78 is 11.6. The maximum Gasteiger partial charge on any atom is 0.143 e. The number of allylic oxidation sites excluding steroid dienone is 1. The van der Waals surface area contributed by atoms with Crippen LogP contribution in [0.1, 0.15) is 12.8 Å². The summed E-state index contributed by atoms with van der Waals surface area (Å²) in [4.78, 5) is 0. The fourth-order valence-corrected chi connectivity index (χ4v) is 2.84. The van der Waals surface area contributed by atoms with Gasteiger partial charge in [-0.05, 0) is 43.5 Å². The molecule has 1 atom stereocenters. The highest BCUT2D eigenvalue weighted by Gasteiger charge is 2.22. The summed E-state index contributed by atoms with van der Waals surface area (Å²) in [5, 5.41) is 5.65. The highest BCUT2D eigenvalue weighted by Crippen LogP contribution is 2.25. The van der Waals surface area contributed by atoms with Crippen LogP contribution in [0.25, 0.3) is 11.3 Å². The zero-order valence-electron chi connectivity index (χ0n) is 12.6. The summed E-state index contributed by atoms with van der Waals surface area (Å²) in [5.74, 6) is 1.96. The summed E-state index contributed by atoms with van der Waals surface area (Å²) in [6, 6.07) is 8.46. The van der Waals surface area contributed by atoms with Crippen LogP contribution < -0.4 is 15.8 Å². The Labute approximate surface area is 125 Å². The zero-order valence-corrected chi connectivity index (χ0v) is 12.6. The number of methoxy groups -OCH3 is 1. The molecule has 3 rings (SSSR count). The van der Waals surface area contributed by atoms with Crippen LogP contribution in [0.5, 0.6) is 0 Å². The average molecular weight is 283 g/mol. The lowest BCUT2D eigenvalue weighted by Gasteiger charge is -2.26. The van der Waals surface area contributed by atoms with Gasteiger partial charge in [-0.3, -0.25) is 0 Å². The third-order valence-electron chi connectivity index (χ3n) is 3.91. The summed E-state index contributed by atoms with van der Waals surface area (Å²) in [5.41, 5.74) is 1.18. The van der Waals surface area contributed by atoms with Gasteiger partial charge in [0.25, 0.3) is 0 Å². The lowest BCUT2D eigenvalue weighted by atomic mass is 9.96. The van der Waals surface area contributed by atoms with Gasteiger partial charge in [0.1, 0.15) is 17.6 Å². The molecule has 1 N–H and O–H groups in total. The summed E-state index contributed by atoms with van der Waals surface area (Å²) in [7, 11) is 3.68. The molecule has 0 spiro atoms. The van der Waals surface area contributed by atoms with E-state index in [1.165, 1.54) is 16.0 Å². The Hall–Kier alpha value is -2.00. The Kier molecular flexibility index (Phi) is 4.11. The van der Waals surface area contributed by atoms with Crippen molar-refractivity contribution in [2.24, 2.45) is 0 Å². The molecule has 0 bridgehead atoms. The van der Waals surface area contributed by atoms with Crippen LogP contribution in [-0.2, 0) is 9.47 Å². The number of hydrogen-bond donors (Lipinski definition) is 1. The van der Waals surface area contributed by atoms with Gasteiger partial charge in [-0.1, -0.05) is 24.3 Å². The number of nitrogens with one attached hydrogen (secondary N) is 1. The molecule has 0 saturated carbocycles. The maximum absolute atomic E-state index is 6.22. The van der Waals surface area contributed by atoms with E-state index in [0.29, 0.717) is 0 Å². The van der Waals surface area contributed by atoms with E-state index in [1.807, 2.05) is 13.1 Å². The topological polar surface area (TPSA) is 30.5 Å². The van der Waals surface area contributed by atoms with Crippen molar-refractivity contribution >= 4 is 11.3 Å². The fraction of sp³-hybridized carbons (Fsp3) is 0.333. The molecule has 1 unspecified atom stereocenters. The molecule has 0 fully saturated rings. The third-order valence-corrected chi connectivity index (χ3v) is 3.91. The first kappa shape index (κ1) is 14.0. The van der Waals surface area contributed by atoms with Crippen molar-refractivity contribution in [1.82, 2.24) is 5.32 Å². The van der Waals surface area contributed by atoms with Crippen LogP contribution in [0.15, 0.2) is 48.3 Å². The molecule has 0 aromatic heterocycles. The van der Waals surface area contributed by atoms with E-state index in [-0.39, 0.29) is 6.10 Å². The second-order valence-corrected chi connectivity index (χ2v) is 5.28. The van der Waals surface area contributed by atoms with Crippen molar-refractivity contribution in [2.45, 2.75) is 18.9 Å². The Bertz CT molecular complexity index is 700. The normalized spacial score (nSPS) is 19.5. The molecule has 21 heavy (non-hydrogen) atoms. The lowest BCUT2D eigenvalue weighted by molar-refractivity contribution is 0.237. The Morgan fingerprint density at radius 1 is 1.24 bits per heavy atom. The van der Waals surface area contributed by atoms with Crippen molar-refractivity contribution in [3.8, 4) is 0 Å². The molecular weight excluding hydrogens is 262 g/mol. The molecule has 1 aliphatic carbocycles. The number of benzene rings is 1. The number of fused-ring (bicyclic) bond motifs is 2. The first-order chi connectivity index (χ1) is 10.3. The lowest BCUT2D eigenvalue weighted by Crippen LogP contribution is -2.38. The molecular formula is C18H21NO2. The monoisotopic (exact) mass is 283 g/mol. The van der Waals surface area contributed by atoms with Gasteiger partial charge in [0.15, 0.2) is 0 Å². The number of hydrogen-bond acceptors (Lipinski definition) is 3. The molecule has 0 radical (unpaired) electrons. The Balaban J connectivity index is 2.10. The molecule has 1 heterocycles. The van der Waals surface area contributed by atoms with Crippen molar-refractivity contribution in [1.29, 1.82) is 0 Å². The molecule has 110 valence electrons. The predicted molar refractivity (Wildman–Crippen MR) is 84.8 cm³/mol. The smallest absolute Gasteiger partial charge is 0.143 e. The molecule has 3 heteroatoms. The van der Waals surface area contributed by atoms with Crippen molar-refractivity contribution in [2.75, 3.05) is 20.7 Å². The molecule has 0 amide bonds. The van der Waals surface area contributed by atoms with Gasteiger partial charge >= 0.3 is 0 Å². The van der Waals surface area contributed by atoms with Crippen LogP contribution in [-0.4, -0.2) is 26.8 Å². The minimum absolute atomic E-state index is 0.00313. The van der Waals surface area contributed by atoms with Gasteiger partial charge in [-0.2, -0.15) is 0 Å². The van der Waals surface area contributed by atoms with Gasteiger partial charge in [0, 0.05) is 17.2 Å². The minimum Gasteiger partial charge on any atom is -0.497 e. The van der Waals surface area contributed by atoms with Gasteiger partial charge in [0.2, 0.25) is 0 Å². The van der Waals surface area contributed by atoms with Crippen molar-refractivity contribution < 1.29 is 9.47 Å². The van der Waals surface area contributed by atoms with Gasteiger partial charge in [-0.15, -0.1) is 0 Å². The van der Waals surface area contributed by atoms with E-state index >= 15 is 0 Å². The maximum atomic E-state index is 6.22. The van der Waals surface area contributed by atoms with E-state index in [0.717, 1.165) is 30.9 Å². The van der Waals surface area contributed by atoms with E-state index < -0.39 is 0 Å². The highest BCUT2D eigenvalue weighted by molar-refractivity contribution is 5.70. The standard InChI is InChI=1S/C18H21NO2/c1-19-11-5-8-17-15-7-4-3-6-14(15)16-12-13(20-2)9-10-18(16)21-17/h3-4,6-7,9-10,12,18-19H,5,8,11H2,1-2H3. The highest BCUT2D eigenvalue weighted by atomic mass is 16.5. The van der Waals surface area contributed by atoms with E-state index in [1.54, 1.807) is 7.11 Å². The quantitative estimate of drug-likeness (QED) is 0.830. The summed E-state index contributed by atoms with van der Waals surface area (Å²) >= 11 is 0. The van der Waals surface area contributed by atoms with Crippen LogP contribution in [0, 0.1) is 0 Å². The molecule has 1 aromatic rings. The van der Waals surface area contributed by atoms with Gasteiger partial charge in [-0.25, -0.2) is 0 Å². The zero-order chi connectivity index (χ0) is 14.7. The summed E-state index contributed by atoms with van der Waals surface area (Å²) in [6.45, 7) is 1.000. The minimum atomic E-state index is 0.00313. The van der Waals surface area contributed by atoms with Crippen molar-refractivity contribution in [3.63, 3.8) is 0 Å². The Morgan fingerprint density at radius 3 is 2.81 bits per heavy atom. The van der Waals surface area contributed by atoms with Crippen LogP contribution in [0.2, 0.25) is 0 Å². The van der Waals surface area contributed by atoms with E-state index in [4.69, 9.17) is 9.47 Å². The number of ether oxygens (including phenoxy) is 2. The molecule has 1 aliphatic heterocycles. The van der Waals surface area contributed by atoms with Crippen molar-refractivity contribution in [3.05, 3.63) is 58.7 Å². The largest absolute Gasteiger partial charge is 0.497 e.